The van der Waals surface area contributed by atoms with E-state index in [1.807, 2.05) is 13.0 Å². The Hall–Kier alpha value is -1.33. The molecule has 2 rings (SSSR count). The summed E-state index contributed by atoms with van der Waals surface area (Å²) in [6.45, 7) is 5.83. The van der Waals surface area contributed by atoms with E-state index in [1.54, 1.807) is 13.3 Å². The number of methoxy groups -OCH3 is 1. The molecule has 1 saturated heterocycles. The average Bonchev–Trinajstić information content (AvgIpc) is 2.48. The minimum absolute atomic E-state index is 0.439. The van der Waals surface area contributed by atoms with Crippen LogP contribution in [0.2, 0.25) is 0 Å². The Morgan fingerprint density at radius 2 is 2.20 bits per heavy atom. The molecule has 1 aliphatic rings. The predicted molar refractivity (Wildman–Crippen MR) is 80.5 cm³/mol. The van der Waals surface area contributed by atoms with Crippen molar-refractivity contribution in [3.63, 3.8) is 0 Å². The normalized spacial score (nSPS) is 16.1. The van der Waals surface area contributed by atoms with Crippen LogP contribution in [0.4, 0.5) is 5.69 Å². The van der Waals surface area contributed by atoms with E-state index in [0.717, 1.165) is 62.6 Å². The van der Waals surface area contributed by atoms with E-state index in [2.05, 4.69) is 15.6 Å². The van der Waals surface area contributed by atoms with Crippen molar-refractivity contribution in [3.05, 3.63) is 18.0 Å². The predicted octanol–water partition coefficient (Wildman–Crippen LogP) is 1.97. The topological polar surface area (TPSA) is 55.4 Å². The molecule has 0 spiro atoms. The SMILES string of the molecule is COc1cnc(C)cc1NCCCOC1CCNCC1. The van der Waals surface area contributed by atoms with Crippen molar-refractivity contribution in [2.45, 2.75) is 32.3 Å². The number of anilines is 1. The van der Waals surface area contributed by atoms with Crippen molar-refractivity contribution in [1.29, 1.82) is 0 Å². The van der Waals surface area contributed by atoms with Crippen molar-refractivity contribution in [2.75, 3.05) is 38.7 Å². The molecule has 0 unspecified atom stereocenters. The van der Waals surface area contributed by atoms with E-state index in [4.69, 9.17) is 9.47 Å². The van der Waals surface area contributed by atoms with Crippen LogP contribution in [0.25, 0.3) is 0 Å². The van der Waals surface area contributed by atoms with Gasteiger partial charge in [-0.05, 0) is 45.3 Å². The summed E-state index contributed by atoms with van der Waals surface area (Å²) in [5.74, 6) is 0.787. The first-order chi connectivity index (χ1) is 9.79. The molecule has 1 fully saturated rings. The number of nitrogens with one attached hydrogen (secondary N) is 2. The van der Waals surface area contributed by atoms with Crippen molar-refractivity contribution < 1.29 is 9.47 Å². The van der Waals surface area contributed by atoms with E-state index >= 15 is 0 Å². The molecular weight excluding hydrogens is 254 g/mol. The van der Waals surface area contributed by atoms with Crippen LogP contribution >= 0.6 is 0 Å². The van der Waals surface area contributed by atoms with Gasteiger partial charge in [-0.3, -0.25) is 4.98 Å². The van der Waals surface area contributed by atoms with Gasteiger partial charge in [0.25, 0.3) is 0 Å². The van der Waals surface area contributed by atoms with Crippen LogP contribution in [0, 0.1) is 6.92 Å². The maximum Gasteiger partial charge on any atom is 0.160 e. The third kappa shape index (κ3) is 4.65. The Morgan fingerprint density at radius 3 is 2.95 bits per heavy atom. The Kier molecular flexibility index (Phi) is 6.08. The van der Waals surface area contributed by atoms with Gasteiger partial charge in [0.1, 0.15) is 0 Å². The summed E-state index contributed by atoms with van der Waals surface area (Å²) >= 11 is 0. The maximum absolute atomic E-state index is 5.88. The van der Waals surface area contributed by atoms with Crippen LogP contribution in [-0.2, 0) is 4.74 Å². The number of rotatable bonds is 7. The van der Waals surface area contributed by atoms with Crippen molar-refractivity contribution in [2.24, 2.45) is 0 Å². The standard InChI is InChI=1S/C15H25N3O2/c1-12-10-14(15(19-2)11-18-12)17-6-3-9-20-13-4-7-16-8-5-13/h10-11,13,16H,3-9H2,1-2H3,(H,17,18). The fourth-order valence-corrected chi connectivity index (χ4v) is 2.36. The van der Waals surface area contributed by atoms with E-state index in [0.29, 0.717) is 6.10 Å². The molecule has 1 aliphatic heterocycles. The third-order valence-corrected chi connectivity index (χ3v) is 3.50. The quantitative estimate of drug-likeness (QED) is 0.747. The van der Waals surface area contributed by atoms with Gasteiger partial charge in [0, 0.05) is 18.8 Å². The zero-order valence-electron chi connectivity index (χ0n) is 12.4. The summed E-state index contributed by atoms with van der Waals surface area (Å²) in [6.07, 6.45) is 5.45. The van der Waals surface area contributed by atoms with E-state index in [9.17, 15) is 0 Å². The Labute approximate surface area is 121 Å². The average molecular weight is 279 g/mol. The maximum atomic E-state index is 5.88. The molecule has 0 radical (unpaired) electrons. The van der Waals surface area contributed by atoms with Crippen LogP contribution < -0.4 is 15.4 Å². The van der Waals surface area contributed by atoms with Crippen molar-refractivity contribution in [3.8, 4) is 5.75 Å². The van der Waals surface area contributed by atoms with Gasteiger partial charge in [0.05, 0.1) is 25.1 Å². The van der Waals surface area contributed by atoms with E-state index < -0.39 is 0 Å². The number of hydrogen-bond donors (Lipinski definition) is 2. The number of pyridine rings is 1. The van der Waals surface area contributed by atoms with Crippen LogP contribution in [0.1, 0.15) is 25.0 Å². The lowest BCUT2D eigenvalue weighted by Crippen LogP contribution is -2.32. The number of aryl methyl sites for hydroxylation is 1. The second-order valence-corrected chi connectivity index (χ2v) is 5.13. The van der Waals surface area contributed by atoms with Crippen LogP contribution in [0.3, 0.4) is 0 Å². The minimum atomic E-state index is 0.439. The third-order valence-electron chi connectivity index (χ3n) is 3.50. The first kappa shape index (κ1) is 15.1. The van der Waals surface area contributed by atoms with Gasteiger partial charge in [0.2, 0.25) is 0 Å². The number of nitrogens with zero attached hydrogens (tertiary/aromatic N) is 1. The molecule has 112 valence electrons. The number of aromatic nitrogens is 1. The lowest BCUT2D eigenvalue weighted by Gasteiger charge is -2.23. The van der Waals surface area contributed by atoms with Gasteiger partial charge < -0.3 is 20.1 Å². The number of piperidine rings is 1. The van der Waals surface area contributed by atoms with Gasteiger partial charge in [0.15, 0.2) is 5.75 Å². The highest BCUT2D eigenvalue weighted by Crippen LogP contribution is 2.23. The second-order valence-electron chi connectivity index (χ2n) is 5.13. The lowest BCUT2D eigenvalue weighted by molar-refractivity contribution is 0.0329. The molecular formula is C15H25N3O2. The summed E-state index contributed by atoms with van der Waals surface area (Å²) in [5, 5.41) is 6.73. The zero-order valence-corrected chi connectivity index (χ0v) is 12.4. The molecule has 1 aromatic heterocycles. The fourth-order valence-electron chi connectivity index (χ4n) is 2.36. The molecule has 0 bridgehead atoms. The lowest BCUT2D eigenvalue weighted by atomic mass is 10.1. The van der Waals surface area contributed by atoms with Gasteiger partial charge in [-0.25, -0.2) is 0 Å². The van der Waals surface area contributed by atoms with E-state index in [-0.39, 0.29) is 0 Å². The molecule has 0 saturated carbocycles. The molecule has 1 aromatic rings. The second kappa shape index (κ2) is 8.07. The van der Waals surface area contributed by atoms with Gasteiger partial charge in [-0.2, -0.15) is 0 Å². The van der Waals surface area contributed by atoms with Crippen LogP contribution in [-0.4, -0.2) is 44.4 Å². The zero-order chi connectivity index (χ0) is 14.2. The Morgan fingerprint density at radius 1 is 1.40 bits per heavy atom. The highest BCUT2D eigenvalue weighted by Gasteiger charge is 2.12. The molecule has 0 amide bonds. The Balaban J connectivity index is 1.66. The summed E-state index contributed by atoms with van der Waals surface area (Å²) in [7, 11) is 1.66. The van der Waals surface area contributed by atoms with Crippen molar-refractivity contribution >= 4 is 5.69 Å². The first-order valence-corrected chi connectivity index (χ1v) is 7.36. The van der Waals surface area contributed by atoms with Crippen LogP contribution in [0.5, 0.6) is 5.75 Å². The molecule has 5 nitrogen and oxygen atoms in total. The largest absolute Gasteiger partial charge is 0.493 e. The molecule has 0 atom stereocenters. The highest BCUT2D eigenvalue weighted by molar-refractivity contribution is 5.55. The van der Waals surface area contributed by atoms with Crippen molar-refractivity contribution in [1.82, 2.24) is 10.3 Å². The number of hydrogen-bond acceptors (Lipinski definition) is 5. The molecule has 20 heavy (non-hydrogen) atoms. The summed E-state index contributed by atoms with van der Waals surface area (Å²) in [4.78, 5) is 4.22. The summed E-state index contributed by atoms with van der Waals surface area (Å²) in [5.41, 5.74) is 1.99. The summed E-state index contributed by atoms with van der Waals surface area (Å²) < 4.78 is 11.2. The van der Waals surface area contributed by atoms with Crippen LogP contribution in [0.15, 0.2) is 12.3 Å². The monoisotopic (exact) mass is 279 g/mol. The first-order valence-electron chi connectivity index (χ1n) is 7.36. The van der Waals surface area contributed by atoms with Gasteiger partial charge in [-0.1, -0.05) is 0 Å². The van der Waals surface area contributed by atoms with Gasteiger partial charge in [-0.15, -0.1) is 0 Å². The van der Waals surface area contributed by atoms with E-state index in [1.165, 1.54) is 0 Å². The highest BCUT2D eigenvalue weighted by atomic mass is 16.5. The fraction of sp³-hybridized carbons (Fsp3) is 0.667. The number of ether oxygens (including phenoxy) is 2. The molecule has 0 aliphatic carbocycles. The molecule has 2 heterocycles. The smallest absolute Gasteiger partial charge is 0.160 e. The summed E-state index contributed by atoms with van der Waals surface area (Å²) in [6, 6.07) is 2.01. The minimum Gasteiger partial charge on any atom is -0.493 e. The molecule has 2 N–H and O–H groups in total. The molecule has 5 heteroatoms. The van der Waals surface area contributed by atoms with Gasteiger partial charge >= 0.3 is 0 Å². The molecule has 0 aromatic carbocycles. The Bertz CT molecular complexity index is 406.